The van der Waals surface area contributed by atoms with Gasteiger partial charge in [0.1, 0.15) is 5.69 Å². The van der Waals surface area contributed by atoms with Gasteiger partial charge in [-0.15, -0.1) is 0 Å². The van der Waals surface area contributed by atoms with E-state index in [4.69, 9.17) is 16.7 Å². The third-order valence-electron chi connectivity index (χ3n) is 4.97. The van der Waals surface area contributed by atoms with Crippen LogP contribution in [0.5, 0.6) is 0 Å². The van der Waals surface area contributed by atoms with Crippen molar-refractivity contribution < 1.29 is 19.8 Å². The molecule has 0 radical (unpaired) electrons. The van der Waals surface area contributed by atoms with E-state index in [0.29, 0.717) is 21.8 Å². The highest BCUT2D eigenvalue weighted by Crippen LogP contribution is 2.29. The number of nitrogens with one attached hydrogen (secondary N) is 1. The van der Waals surface area contributed by atoms with Gasteiger partial charge in [0.25, 0.3) is 5.91 Å². The Bertz CT molecular complexity index is 1090. The second kappa shape index (κ2) is 7.66. The van der Waals surface area contributed by atoms with Crippen molar-refractivity contribution in [3.63, 3.8) is 0 Å². The summed E-state index contributed by atoms with van der Waals surface area (Å²) >= 11 is 6.37. The Morgan fingerprint density at radius 1 is 1.14 bits per heavy atom. The van der Waals surface area contributed by atoms with Gasteiger partial charge in [0.05, 0.1) is 23.2 Å². The molecule has 7 heteroatoms. The molecule has 3 aromatic rings. The van der Waals surface area contributed by atoms with Crippen LogP contribution in [0, 0.1) is 13.8 Å². The molecular formula is C21H21ClN2O4. The normalized spacial score (nSPS) is 12.2. The van der Waals surface area contributed by atoms with E-state index in [0.717, 1.165) is 16.5 Å². The zero-order valence-corrected chi connectivity index (χ0v) is 16.5. The number of aromatic carboxylic acids is 1. The van der Waals surface area contributed by atoms with E-state index >= 15 is 0 Å². The topological polar surface area (TPSA) is 91.6 Å². The average Bonchev–Trinajstić information content (AvgIpc) is 3.00. The van der Waals surface area contributed by atoms with Crippen LogP contribution in [0.1, 0.15) is 43.6 Å². The summed E-state index contributed by atoms with van der Waals surface area (Å²) in [6, 6.07) is 9.47. The van der Waals surface area contributed by atoms with E-state index in [1.165, 1.54) is 12.1 Å². The highest BCUT2D eigenvalue weighted by Gasteiger charge is 2.21. The minimum atomic E-state index is -1.03. The lowest BCUT2D eigenvalue weighted by atomic mass is 9.99. The largest absolute Gasteiger partial charge is 0.478 e. The lowest BCUT2D eigenvalue weighted by Gasteiger charge is -2.19. The fourth-order valence-electron chi connectivity index (χ4n) is 3.36. The summed E-state index contributed by atoms with van der Waals surface area (Å²) in [5.74, 6) is -1.38. The van der Waals surface area contributed by atoms with Crippen LogP contribution in [0.2, 0.25) is 5.02 Å². The van der Waals surface area contributed by atoms with Crippen LogP contribution >= 0.6 is 11.6 Å². The molecule has 0 unspecified atom stereocenters. The Kier molecular flexibility index (Phi) is 5.45. The number of nitrogens with zero attached hydrogens (tertiary/aromatic N) is 1. The number of fused-ring (bicyclic) bond motifs is 1. The molecule has 1 amide bonds. The third-order valence-corrected chi connectivity index (χ3v) is 5.47. The highest BCUT2D eigenvalue weighted by molar-refractivity contribution is 6.36. The maximum Gasteiger partial charge on any atom is 0.335 e. The van der Waals surface area contributed by atoms with Gasteiger partial charge >= 0.3 is 5.97 Å². The van der Waals surface area contributed by atoms with Crippen molar-refractivity contribution in [1.29, 1.82) is 0 Å². The number of rotatable bonds is 5. The van der Waals surface area contributed by atoms with Crippen LogP contribution in [0.25, 0.3) is 10.9 Å². The lowest BCUT2D eigenvalue weighted by molar-refractivity contribution is 0.0696. The zero-order chi connectivity index (χ0) is 20.6. The molecule has 6 nitrogen and oxygen atoms in total. The molecule has 0 bridgehead atoms. The van der Waals surface area contributed by atoms with Crippen molar-refractivity contribution in [1.82, 2.24) is 9.88 Å². The zero-order valence-electron chi connectivity index (χ0n) is 15.8. The molecule has 3 N–H and O–H groups in total. The van der Waals surface area contributed by atoms with Crippen LogP contribution < -0.4 is 5.32 Å². The van der Waals surface area contributed by atoms with E-state index in [1.54, 1.807) is 30.7 Å². The van der Waals surface area contributed by atoms with Gasteiger partial charge in [-0.1, -0.05) is 23.7 Å². The Labute approximate surface area is 167 Å². The third kappa shape index (κ3) is 3.48. The Hall–Kier alpha value is -2.83. The first-order valence-corrected chi connectivity index (χ1v) is 9.12. The first-order chi connectivity index (χ1) is 13.2. The fraction of sp³-hybridized carbons (Fsp3) is 0.238. The quantitative estimate of drug-likeness (QED) is 0.610. The summed E-state index contributed by atoms with van der Waals surface area (Å²) < 4.78 is 1.75. The van der Waals surface area contributed by atoms with Crippen LogP contribution in [0.3, 0.4) is 0 Å². The maximum absolute atomic E-state index is 12.9. The molecule has 28 heavy (non-hydrogen) atoms. The summed E-state index contributed by atoms with van der Waals surface area (Å²) in [7, 11) is 1.78. The molecular weight excluding hydrogens is 380 g/mol. The first-order valence-electron chi connectivity index (χ1n) is 8.74. The molecule has 1 atom stereocenters. The summed E-state index contributed by atoms with van der Waals surface area (Å²) in [5, 5.41) is 23.1. The number of aliphatic hydroxyl groups excluding tert-OH is 1. The minimum Gasteiger partial charge on any atom is -0.478 e. The standard InChI is InChI=1S/C21H21ClN2O4/c1-11-4-7-17-15(19(11)22)9-18(24(17)3)20(26)23-16(10-25)14-6-5-13(21(27)28)8-12(14)2/h4-9,16,25H,10H2,1-3H3,(H,23,26)(H,27,28)/t16-/m1/s1. The monoisotopic (exact) mass is 400 g/mol. The molecule has 0 saturated heterocycles. The van der Waals surface area contributed by atoms with Crippen molar-refractivity contribution in [3.8, 4) is 0 Å². The van der Waals surface area contributed by atoms with E-state index in [-0.39, 0.29) is 18.1 Å². The summed E-state index contributed by atoms with van der Waals surface area (Å²) in [6.45, 7) is 3.33. The van der Waals surface area contributed by atoms with Crippen molar-refractivity contribution in [2.75, 3.05) is 6.61 Å². The molecule has 0 spiro atoms. The van der Waals surface area contributed by atoms with Gasteiger partial charge in [0.2, 0.25) is 0 Å². The van der Waals surface area contributed by atoms with Crippen LogP contribution in [-0.2, 0) is 7.05 Å². The molecule has 0 saturated carbocycles. The molecule has 0 fully saturated rings. The number of hydrogen-bond donors (Lipinski definition) is 3. The smallest absolute Gasteiger partial charge is 0.335 e. The van der Waals surface area contributed by atoms with Crippen molar-refractivity contribution in [2.45, 2.75) is 19.9 Å². The number of hydrogen-bond acceptors (Lipinski definition) is 3. The Balaban J connectivity index is 1.93. The maximum atomic E-state index is 12.9. The van der Waals surface area contributed by atoms with Crippen LogP contribution in [-0.4, -0.2) is 33.3 Å². The summed E-state index contributed by atoms with van der Waals surface area (Å²) in [5.41, 5.74) is 3.67. The van der Waals surface area contributed by atoms with Gasteiger partial charge < -0.3 is 20.1 Å². The van der Waals surface area contributed by atoms with Gasteiger partial charge in [-0.3, -0.25) is 4.79 Å². The fourth-order valence-corrected chi connectivity index (χ4v) is 3.57. The number of aryl methyl sites for hydroxylation is 3. The van der Waals surface area contributed by atoms with Gasteiger partial charge in [0, 0.05) is 18.0 Å². The lowest BCUT2D eigenvalue weighted by Crippen LogP contribution is -2.32. The van der Waals surface area contributed by atoms with E-state index < -0.39 is 12.0 Å². The second-order valence-electron chi connectivity index (χ2n) is 6.80. The van der Waals surface area contributed by atoms with Crippen molar-refractivity contribution >= 4 is 34.4 Å². The van der Waals surface area contributed by atoms with E-state index in [1.807, 2.05) is 19.1 Å². The predicted molar refractivity (Wildman–Crippen MR) is 108 cm³/mol. The summed E-state index contributed by atoms with van der Waals surface area (Å²) in [4.78, 5) is 24.0. The first kappa shape index (κ1) is 19.9. The number of halogens is 1. The Morgan fingerprint density at radius 2 is 1.86 bits per heavy atom. The Morgan fingerprint density at radius 3 is 2.46 bits per heavy atom. The van der Waals surface area contributed by atoms with Crippen molar-refractivity contribution in [3.05, 3.63) is 69.4 Å². The molecule has 2 aromatic carbocycles. The van der Waals surface area contributed by atoms with Crippen molar-refractivity contribution in [2.24, 2.45) is 7.05 Å². The van der Waals surface area contributed by atoms with Crippen LogP contribution in [0.4, 0.5) is 0 Å². The number of carbonyl (C=O) groups is 2. The van der Waals surface area contributed by atoms with Crippen LogP contribution in [0.15, 0.2) is 36.4 Å². The molecule has 146 valence electrons. The molecule has 1 aromatic heterocycles. The number of amides is 1. The molecule has 0 aliphatic carbocycles. The minimum absolute atomic E-state index is 0.156. The molecule has 0 aliphatic rings. The van der Waals surface area contributed by atoms with E-state index in [9.17, 15) is 14.7 Å². The molecule has 0 aliphatic heterocycles. The number of carboxylic acids is 1. The van der Waals surface area contributed by atoms with E-state index in [2.05, 4.69) is 5.32 Å². The number of aliphatic hydroxyl groups is 1. The van der Waals surface area contributed by atoms with Gasteiger partial charge in [-0.05, 0) is 54.8 Å². The molecule has 1 heterocycles. The number of benzene rings is 2. The van der Waals surface area contributed by atoms with Gasteiger partial charge in [-0.2, -0.15) is 0 Å². The SMILES string of the molecule is Cc1cc(C(=O)O)ccc1[C@@H](CO)NC(=O)c1cc2c(Cl)c(C)ccc2n1C. The average molecular weight is 401 g/mol. The highest BCUT2D eigenvalue weighted by atomic mass is 35.5. The summed E-state index contributed by atoms with van der Waals surface area (Å²) in [6.07, 6.45) is 0. The second-order valence-corrected chi connectivity index (χ2v) is 7.18. The molecule has 3 rings (SSSR count). The van der Waals surface area contributed by atoms with Gasteiger partial charge in [-0.25, -0.2) is 4.79 Å². The number of aromatic nitrogens is 1. The van der Waals surface area contributed by atoms with Gasteiger partial charge in [0.15, 0.2) is 0 Å². The predicted octanol–water partition coefficient (Wildman–Crippen LogP) is 3.61. The number of carbonyl (C=O) groups excluding carboxylic acids is 1. The number of carboxylic acid groups (broad SMARTS) is 1.